The number of likely N-dealkylation sites (tertiary alicyclic amines) is 1. The van der Waals surface area contributed by atoms with E-state index in [1.54, 1.807) is 0 Å². The summed E-state index contributed by atoms with van der Waals surface area (Å²) in [5.41, 5.74) is 0.730. The lowest BCUT2D eigenvalue weighted by Crippen LogP contribution is -2.44. The Bertz CT molecular complexity index is 841. The number of hydrogen-bond acceptors (Lipinski definition) is 5. The summed E-state index contributed by atoms with van der Waals surface area (Å²) < 4.78 is 11.6. The molecule has 2 fully saturated rings. The highest BCUT2D eigenvalue weighted by Gasteiger charge is 2.44. The second kappa shape index (κ2) is 9.75. The van der Waals surface area contributed by atoms with Gasteiger partial charge < -0.3 is 9.47 Å². The molecule has 0 spiro atoms. The standard InChI is InChI=1S/C26H38N2O4/c1-7-8-14-27-22(18-31-26(27,5)6)17-20-16-21(15-19-12-10-9-11-13-19)28(23(20)29)24(30)32-25(2,3)4/h9-13,17,21-22H,7-8,14-16,18H2,1-6H3/b20-17+. The number of amides is 2. The Morgan fingerprint density at radius 3 is 2.56 bits per heavy atom. The van der Waals surface area contributed by atoms with Crippen LogP contribution in [0.1, 0.15) is 66.4 Å². The van der Waals surface area contributed by atoms with Crippen molar-refractivity contribution < 1.29 is 19.1 Å². The first-order chi connectivity index (χ1) is 15.0. The molecule has 1 aromatic carbocycles. The van der Waals surface area contributed by atoms with Gasteiger partial charge in [-0.25, -0.2) is 9.69 Å². The van der Waals surface area contributed by atoms with Gasteiger partial charge in [-0.2, -0.15) is 0 Å². The van der Waals surface area contributed by atoms with Gasteiger partial charge in [-0.3, -0.25) is 9.69 Å². The summed E-state index contributed by atoms with van der Waals surface area (Å²) in [7, 11) is 0. The molecule has 0 radical (unpaired) electrons. The summed E-state index contributed by atoms with van der Waals surface area (Å²) in [6.07, 6.45) is 4.75. The molecule has 6 nitrogen and oxygen atoms in total. The predicted molar refractivity (Wildman–Crippen MR) is 125 cm³/mol. The minimum atomic E-state index is -0.665. The second-order valence-corrected chi connectivity index (χ2v) is 10.3. The summed E-state index contributed by atoms with van der Waals surface area (Å²) in [4.78, 5) is 30.0. The van der Waals surface area contributed by atoms with Gasteiger partial charge in [0.1, 0.15) is 11.3 Å². The zero-order chi connectivity index (χ0) is 23.5. The van der Waals surface area contributed by atoms with E-state index in [-0.39, 0.29) is 23.7 Å². The topological polar surface area (TPSA) is 59.1 Å². The predicted octanol–water partition coefficient (Wildman–Crippen LogP) is 4.93. The number of imide groups is 1. The molecule has 6 heteroatoms. The molecule has 1 aromatic rings. The summed E-state index contributed by atoms with van der Waals surface area (Å²) in [5.74, 6) is -0.250. The van der Waals surface area contributed by atoms with Crippen molar-refractivity contribution in [3.63, 3.8) is 0 Å². The van der Waals surface area contributed by atoms with Crippen molar-refractivity contribution >= 4 is 12.0 Å². The Morgan fingerprint density at radius 1 is 1.25 bits per heavy atom. The van der Waals surface area contributed by atoms with Crippen LogP contribution in [0.3, 0.4) is 0 Å². The van der Waals surface area contributed by atoms with Gasteiger partial charge in [0.2, 0.25) is 0 Å². The number of benzene rings is 1. The molecule has 176 valence electrons. The number of carbonyl (C=O) groups excluding carboxylic acids is 2. The highest BCUT2D eigenvalue weighted by Crippen LogP contribution is 2.33. The van der Waals surface area contributed by atoms with Crippen LogP contribution in [0.4, 0.5) is 4.79 Å². The lowest BCUT2D eigenvalue weighted by molar-refractivity contribution is -0.125. The number of unbranched alkanes of at least 4 members (excludes halogenated alkanes) is 1. The average Bonchev–Trinajstić information content (AvgIpc) is 3.15. The van der Waals surface area contributed by atoms with Gasteiger partial charge in [0.05, 0.1) is 18.7 Å². The maximum Gasteiger partial charge on any atom is 0.417 e. The van der Waals surface area contributed by atoms with Crippen molar-refractivity contribution in [2.75, 3.05) is 13.2 Å². The summed E-state index contributed by atoms with van der Waals surface area (Å²) >= 11 is 0. The molecule has 0 aromatic heterocycles. The molecule has 2 atom stereocenters. The molecule has 2 saturated heterocycles. The maximum absolute atomic E-state index is 13.4. The monoisotopic (exact) mass is 442 g/mol. The second-order valence-electron chi connectivity index (χ2n) is 10.3. The van der Waals surface area contributed by atoms with E-state index < -0.39 is 11.7 Å². The number of hydrogen-bond donors (Lipinski definition) is 0. The van der Waals surface area contributed by atoms with Crippen molar-refractivity contribution in [2.45, 2.75) is 90.6 Å². The van der Waals surface area contributed by atoms with Crippen LogP contribution < -0.4 is 0 Å². The van der Waals surface area contributed by atoms with E-state index in [1.807, 2.05) is 57.2 Å². The van der Waals surface area contributed by atoms with Crippen LogP contribution in [0.2, 0.25) is 0 Å². The maximum atomic E-state index is 13.4. The van der Waals surface area contributed by atoms with Crippen molar-refractivity contribution in [2.24, 2.45) is 0 Å². The Morgan fingerprint density at radius 2 is 1.94 bits per heavy atom. The molecule has 0 saturated carbocycles. The quantitative estimate of drug-likeness (QED) is 0.585. The van der Waals surface area contributed by atoms with Gasteiger partial charge in [-0.1, -0.05) is 49.8 Å². The van der Waals surface area contributed by atoms with E-state index in [2.05, 4.69) is 25.7 Å². The van der Waals surface area contributed by atoms with E-state index in [4.69, 9.17) is 9.47 Å². The fraction of sp³-hybridized carbons (Fsp3) is 0.615. The highest BCUT2D eigenvalue weighted by molar-refractivity contribution is 6.05. The molecule has 2 aliphatic heterocycles. The SMILES string of the molecule is CCCCN1C(/C=C2\CC(Cc3ccccc3)N(C(=O)OC(C)(C)C)C2=O)COC1(C)C. The molecular weight excluding hydrogens is 404 g/mol. The molecule has 2 unspecified atom stereocenters. The van der Waals surface area contributed by atoms with Gasteiger partial charge in [0.15, 0.2) is 0 Å². The van der Waals surface area contributed by atoms with Crippen LogP contribution in [-0.2, 0) is 20.7 Å². The number of nitrogens with zero attached hydrogens (tertiary/aromatic N) is 2. The highest BCUT2D eigenvalue weighted by atomic mass is 16.6. The smallest absolute Gasteiger partial charge is 0.417 e. The van der Waals surface area contributed by atoms with Gasteiger partial charge in [-0.05, 0) is 59.4 Å². The lowest BCUT2D eigenvalue weighted by Gasteiger charge is -2.32. The van der Waals surface area contributed by atoms with Gasteiger partial charge in [-0.15, -0.1) is 0 Å². The first kappa shape index (κ1) is 24.5. The van der Waals surface area contributed by atoms with E-state index in [0.717, 1.165) is 24.9 Å². The fourth-order valence-electron chi connectivity index (χ4n) is 4.48. The third kappa shape index (κ3) is 5.78. The third-order valence-corrected chi connectivity index (χ3v) is 6.06. The minimum Gasteiger partial charge on any atom is -0.443 e. The molecule has 0 bridgehead atoms. The van der Waals surface area contributed by atoms with E-state index in [9.17, 15) is 9.59 Å². The molecular formula is C26H38N2O4. The molecule has 32 heavy (non-hydrogen) atoms. The zero-order valence-electron chi connectivity index (χ0n) is 20.4. The van der Waals surface area contributed by atoms with E-state index >= 15 is 0 Å². The van der Waals surface area contributed by atoms with Crippen LogP contribution >= 0.6 is 0 Å². The summed E-state index contributed by atoms with van der Waals surface area (Å²) in [6, 6.07) is 9.73. The molecule has 3 rings (SSSR count). The third-order valence-electron chi connectivity index (χ3n) is 6.06. The Balaban J connectivity index is 1.86. The van der Waals surface area contributed by atoms with Crippen LogP contribution in [-0.4, -0.2) is 58.4 Å². The van der Waals surface area contributed by atoms with Crippen molar-refractivity contribution in [3.05, 3.63) is 47.5 Å². The number of rotatable bonds is 6. The minimum absolute atomic E-state index is 0.0199. The molecule has 2 aliphatic rings. The van der Waals surface area contributed by atoms with Gasteiger partial charge >= 0.3 is 6.09 Å². The van der Waals surface area contributed by atoms with Crippen LogP contribution in [0.5, 0.6) is 0 Å². The lowest BCUT2D eigenvalue weighted by atomic mass is 10.0. The molecule has 0 N–H and O–H groups in total. The number of ether oxygens (including phenoxy) is 2. The Labute approximate surface area is 192 Å². The first-order valence-electron chi connectivity index (χ1n) is 11.7. The van der Waals surface area contributed by atoms with Gasteiger partial charge in [0, 0.05) is 12.1 Å². The fourth-order valence-corrected chi connectivity index (χ4v) is 4.48. The number of carbonyl (C=O) groups is 2. The largest absolute Gasteiger partial charge is 0.443 e. The average molecular weight is 443 g/mol. The molecule has 2 amide bonds. The Kier molecular flexibility index (Phi) is 7.46. The van der Waals surface area contributed by atoms with Crippen molar-refractivity contribution in [1.29, 1.82) is 0 Å². The summed E-state index contributed by atoms with van der Waals surface area (Å²) in [6.45, 7) is 13.2. The van der Waals surface area contributed by atoms with E-state index in [0.29, 0.717) is 25.0 Å². The van der Waals surface area contributed by atoms with Gasteiger partial charge in [0.25, 0.3) is 5.91 Å². The zero-order valence-corrected chi connectivity index (χ0v) is 20.4. The van der Waals surface area contributed by atoms with Crippen LogP contribution in [0, 0.1) is 0 Å². The molecule has 0 aliphatic carbocycles. The van der Waals surface area contributed by atoms with Crippen molar-refractivity contribution in [1.82, 2.24) is 9.80 Å². The first-order valence-corrected chi connectivity index (χ1v) is 11.7. The van der Waals surface area contributed by atoms with Crippen molar-refractivity contribution in [3.8, 4) is 0 Å². The molecule has 2 heterocycles. The summed E-state index contributed by atoms with van der Waals surface area (Å²) in [5, 5.41) is 0. The Hall–Kier alpha value is -2.18. The normalized spacial score (nSPS) is 25.0. The van der Waals surface area contributed by atoms with Crippen LogP contribution in [0.25, 0.3) is 0 Å². The van der Waals surface area contributed by atoms with E-state index in [1.165, 1.54) is 4.90 Å². The van der Waals surface area contributed by atoms with Crippen LogP contribution in [0.15, 0.2) is 42.0 Å².